The molecule has 2 fully saturated rings. The molecular formula is C22H26FN3O2S. The van der Waals surface area contributed by atoms with Gasteiger partial charge in [-0.25, -0.2) is 4.39 Å². The van der Waals surface area contributed by atoms with Crippen LogP contribution in [0.2, 0.25) is 0 Å². The van der Waals surface area contributed by atoms with Crippen LogP contribution in [-0.2, 0) is 0 Å². The van der Waals surface area contributed by atoms with Crippen molar-refractivity contribution in [2.75, 3.05) is 32.8 Å². The highest BCUT2D eigenvalue weighted by Crippen LogP contribution is 2.32. The lowest BCUT2D eigenvalue weighted by Gasteiger charge is -2.28. The van der Waals surface area contributed by atoms with Gasteiger partial charge in [-0.3, -0.25) is 4.79 Å². The number of carbonyl (C=O) groups excluding carboxylic acids is 1. The van der Waals surface area contributed by atoms with Crippen molar-refractivity contribution in [3.63, 3.8) is 0 Å². The first-order valence-electron chi connectivity index (χ1n) is 10.4. The standard InChI is InChI=1S/C22H26FN3O2S/c23-21-12-17(28-15-19-7-6-18(13-24)29-19)5-8-20(21)22(27)26-11-3-4-16(26)14-25-9-1-2-10-25/h5-6,8,12,16,19H,1-4,7,9-11,14-15H2/t16-,19?/m0/s1. The largest absolute Gasteiger partial charge is 0.492 e. The molecule has 0 radical (unpaired) electrons. The summed E-state index contributed by atoms with van der Waals surface area (Å²) >= 11 is 1.49. The number of likely N-dealkylation sites (tertiary alicyclic amines) is 2. The number of thioether (sulfide) groups is 1. The predicted octanol–water partition coefficient (Wildman–Crippen LogP) is 3.82. The molecule has 3 heterocycles. The van der Waals surface area contributed by atoms with Crippen molar-refractivity contribution in [1.29, 1.82) is 5.26 Å². The topological polar surface area (TPSA) is 56.6 Å². The number of carbonyl (C=O) groups is 1. The van der Waals surface area contributed by atoms with E-state index in [9.17, 15) is 9.18 Å². The van der Waals surface area contributed by atoms with Crippen LogP contribution in [0, 0.1) is 17.1 Å². The quantitative estimate of drug-likeness (QED) is 0.707. The van der Waals surface area contributed by atoms with Crippen molar-refractivity contribution in [1.82, 2.24) is 9.80 Å². The molecule has 1 aromatic rings. The van der Waals surface area contributed by atoms with Gasteiger partial charge in [-0.15, -0.1) is 11.8 Å². The number of amides is 1. The summed E-state index contributed by atoms with van der Waals surface area (Å²) in [5, 5.41) is 9.08. The summed E-state index contributed by atoms with van der Waals surface area (Å²) in [5.74, 6) is -0.334. The molecule has 1 amide bonds. The molecule has 0 spiro atoms. The molecule has 0 bridgehead atoms. The van der Waals surface area contributed by atoms with Gasteiger partial charge in [0.25, 0.3) is 5.91 Å². The average Bonchev–Trinajstić information content (AvgIpc) is 3.48. The monoisotopic (exact) mass is 415 g/mol. The number of benzene rings is 1. The van der Waals surface area contributed by atoms with Crippen LogP contribution in [-0.4, -0.2) is 59.8 Å². The summed E-state index contributed by atoms with van der Waals surface area (Å²) in [4.78, 5) is 18.0. The van der Waals surface area contributed by atoms with Crippen LogP contribution in [0.15, 0.2) is 29.2 Å². The van der Waals surface area contributed by atoms with Gasteiger partial charge in [0.2, 0.25) is 0 Å². The number of allylic oxidation sites excluding steroid dienone is 2. The van der Waals surface area contributed by atoms with E-state index >= 15 is 0 Å². The minimum Gasteiger partial charge on any atom is -0.492 e. The van der Waals surface area contributed by atoms with Crippen LogP contribution >= 0.6 is 11.8 Å². The molecule has 2 saturated heterocycles. The molecule has 3 aliphatic heterocycles. The lowest BCUT2D eigenvalue weighted by atomic mass is 10.1. The Balaban J connectivity index is 1.35. The van der Waals surface area contributed by atoms with Gasteiger partial charge in [0.05, 0.1) is 10.5 Å². The first-order valence-corrected chi connectivity index (χ1v) is 11.2. The number of rotatable bonds is 6. The highest BCUT2D eigenvalue weighted by molar-refractivity contribution is 8.04. The number of halogens is 1. The SMILES string of the molecule is N#CC1=CCC(COc2ccc(C(=O)N3CCC[C@H]3CN3CCCC3)c(F)c2)S1. The highest BCUT2D eigenvalue weighted by Gasteiger charge is 2.32. The first-order chi connectivity index (χ1) is 14.1. The van der Waals surface area contributed by atoms with Gasteiger partial charge in [0.1, 0.15) is 24.2 Å². The van der Waals surface area contributed by atoms with E-state index in [1.807, 2.05) is 11.0 Å². The van der Waals surface area contributed by atoms with Gasteiger partial charge >= 0.3 is 0 Å². The fraction of sp³-hybridized carbons (Fsp3) is 0.545. The highest BCUT2D eigenvalue weighted by atomic mass is 32.2. The molecule has 5 nitrogen and oxygen atoms in total. The van der Waals surface area contributed by atoms with Gasteiger partial charge in [-0.1, -0.05) is 6.08 Å². The Hall–Kier alpha value is -2.04. The number of nitriles is 1. The Bertz CT molecular complexity index is 832. The molecule has 2 atom stereocenters. The van der Waals surface area contributed by atoms with Crippen LogP contribution in [0.1, 0.15) is 42.5 Å². The van der Waals surface area contributed by atoms with Crippen molar-refractivity contribution in [2.45, 2.75) is 43.4 Å². The maximum atomic E-state index is 14.7. The molecule has 0 saturated carbocycles. The van der Waals surface area contributed by atoms with Crippen LogP contribution in [0.4, 0.5) is 4.39 Å². The van der Waals surface area contributed by atoms with E-state index in [0.29, 0.717) is 23.8 Å². The fourth-order valence-electron chi connectivity index (χ4n) is 4.35. The molecule has 154 valence electrons. The van der Waals surface area contributed by atoms with Crippen molar-refractivity contribution >= 4 is 17.7 Å². The van der Waals surface area contributed by atoms with Crippen LogP contribution in [0.5, 0.6) is 5.75 Å². The minimum atomic E-state index is -0.533. The zero-order valence-corrected chi connectivity index (χ0v) is 17.3. The third kappa shape index (κ3) is 4.76. The normalized spacial score (nSPS) is 24.6. The lowest BCUT2D eigenvalue weighted by Crippen LogP contribution is -2.42. The molecule has 1 unspecified atom stereocenters. The molecule has 3 aliphatic rings. The average molecular weight is 416 g/mol. The van der Waals surface area contributed by atoms with Crippen molar-refractivity contribution < 1.29 is 13.9 Å². The Morgan fingerprint density at radius 3 is 2.83 bits per heavy atom. The summed E-state index contributed by atoms with van der Waals surface area (Å²) in [7, 11) is 0. The summed E-state index contributed by atoms with van der Waals surface area (Å²) in [6.07, 6.45) is 7.09. The summed E-state index contributed by atoms with van der Waals surface area (Å²) in [6, 6.07) is 6.83. The molecule has 4 rings (SSSR count). The summed E-state index contributed by atoms with van der Waals surface area (Å²) < 4.78 is 20.4. The third-order valence-corrected chi connectivity index (χ3v) is 7.06. The second-order valence-corrected chi connectivity index (χ2v) is 9.25. The first kappa shape index (κ1) is 20.2. The van der Waals surface area contributed by atoms with E-state index in [2.05, 4.69) is 11.0 Å². The molecule has 1 aromatic carbocycles. The Morgan fingerprint density at radius 1 is 1.28 bits per heavy atom. The van der Waals surface area contributed by atoms with Gasteiger partial charge < -0.3 is 14.5 Å². The summed E-state index contributed by atoms with van der Waals surface area (Å²) in [5.41, 5.74) is 0.120. The van der Waals surface area contributed by atoms with Gasteiger partial charge in [0, 0.05) is 30.4 Å². The molecule has 0 aliphatic carbocycles. The van der Waals surface area contributed by atoms with E-state index in [1.54, 1.807) is 12.1 Å². The van der Waals surface area contributed by atoms with Gasteiger partial charge in [-0.2, -0.15) is 5.26 Å². The van der Waals surface area contributed by atoms with Gasteiger partial charge in [-0.05, 0) is 57.3 Å². The maximum Gasteiger partial charge on any atom is 0.257 e. The Morgan fingerprint density at radius 2 is 2.10 bits per heavy atom. The van der Waals surface area contributed by atoms with E-state index in [0.717, 1.165) is 38.9 Å². The predicted molar refractivity (Wildman–Crippen MR) is 111 cm³/mol. The smallest absolute Gasteiger partial charge is 0.257 e. The number of hydrogen-bond acceptors (Lipinski definition) is 5. The fourth-order valence-corrected chi connectivity index (χ4v) is 5.28. The molecule has 29 heavy (non-hydrogen) atoms. The van der Waals surface area contributed by atoms with Crippen LogP contribution in [0.3, 0.4) is 0 Å². The summed E-state index contributed by atoms with van der Waals surface area (Å²) in [6.45, 7) is 4.20. The third-order valence-electron chi connectivity index (χ3n) is 5.88. The van der Waals surface area contributed by atoms with Crippen molar-refractivity contribution in [2.24, 2.45) is 0 Å². The van der Waals surface area contributed by atoms with E-state index in [-0.39, 0.29) is 22.8 Å². The molecular weight excluding hydrogens is 389 g/mol. The van der Waals surface area contributed by atoms with E-state index in [4.69, 9.17) is 10.00 Å². The molecule has 0 N–H and O–H groups in total. The Kier molecular flexibility index (Phi) is 6.41. The minimum absolute atomic E-state index is 0.120. The van der Waals surface area contributed by atoms with Crippen LogP contribution < -0.4 is 4.74 Å². The maximum absolute atomic E-state index is 14.7. The second kappa shape index (κ2) is 9.19. The molecule has 7 heteroatoms. The lowest BCUT2D eigenvalue weighted by molar-refractivity contribution is 0.0704. The van der Waals surface area contributed by atoms with Crippen LogP contribution in [0.25, 0.3) is 0 Å². The van der Waals surface area contributed by atoms with Crippen molar-refractivity contribution in [3.8, 4) is 11.8 Å². The zero-order chi connectivity index (χ0) is 20.2. The van der Waals surface area contributed by atoms with Crippen molar-refractivity contribution in [3.05, 3.63) is 40.6 Å². The number of hydrogen-bond donors (Lipinski definition) is 0. The van der Waals surface area contributed by atoms with Gasteiger partial charge in [0.15, 0.2) is 0 Å². The second-order valence-electron chi connectivity index (χ2n) is 7.91. The zero-order valence-electron chi connectivity index (χ0n) is 16.5. The number of nitrogens with zero attached hydrogens (tertiary/aromatic N) is 3. The number of ether oxygens (including phenoxy) is 1. The Labute approximate surface area is 175 Å². The van der Waals surface area contributed by atoms with E-state index < -0.39 is 5.82 Å². The molecule has 0 aromatic heterocycles. The van der Waals surface area contributed by atoms with E-state index in [1.165, 1.54) is 30.7 Å².